The van der Waals surface area contributed by atoms with Gasteiger partial charge < -0.3 is 20.4 Å². The molecule has 0 aliphatic rings. The summed E-state index contributed by atoms with van der Waals surface area (Å²) in [6.45, 7) is 1.93. The molecule has 2 atom stereocenters. The lowest BCUT2D eigenvalue weighted by molar-refractivity contribution is -0.147. The van der Waals surface area contributed by atoms with E-state index in [2.05, 4.69) is 0 Å². The third kappa shape index (κ3) is 5.73. The van der Waals surface area contributed by atoms with Crippen LogP contribution in [0.25, 0.3) is 0 Å². The van der Waals surface area contributed by atoms with Gasteiger partial charge in [0.1, 0.15) is 12.2 Å². The largest absolute Gasteiger partial charge is 0.481 e. The van der Waals surface area contributed by atoms with Gasteiger partial charge in [-0.3, -0.25) is 14.4 Å². The summed E-state index contributed by atoms with van der Waals surface area (Å²) in [6.07, 6.45) is 1.72. The van der Waals surface area contributed by atoms with Crippen LogP contribution < -0.4 is 0 Å². The normalized spacial score (nSPS) is 13.2. The van der Waals surface area contributed by atoms with Crippen molar-refractivity contribution in [1.82, 2.24) is 0 Å². The van der Waals surface area contributed by atoms with Crippen molar-refractivity contribution in [1.29, 1.82) is 5.41 Å². The number of carboxylic acid groups (broad SMARTS) is 2. The topological polar surface area (TPSA) is 133 Å². The van der Waals surface area contributed by atoms with Gasteiger partial charge in [-0.15, -0.1) is 0 Å². The number of rotatable bonds is 11. The maximum absolute atomic E-state index is 12.0. The smallest absolute Gasteiger partial charge is 0.314 e. The molecular weight excluding hydrogens is 266 g/mol. The van der Waals surface area contributed by atoms with Crippen LogP contribution in [0.5, 0.6) is 0 Å². The molecule has 0 radical (unpaired) electrons. The van der Waals surface area contributed by atoms with E-state index < -0.39 is 41.7 Å². The van der Waals surface area contributed by atoms with Crippen LogP contribution in [0.15, 0.2) is 0 Å². The highest BCUT2D eigenvalue weighted by Gasteiger charge is 2.35. The minimum Gasteiger partial charge on any atom is -0.481 e. The molecule has 0 aromatic carbocycles. The van der Waals surface area contributed by atoms with Crippen LogP contribution in [-0.4, -0.2) is 39.9 Å². The number of aldehydes is 1. The summed E-state index contributed by atoms with van der Waals surface area (Å²) in [5, 5.41) is 24.9. The van der Waals surface area contributed by atoms with Crippen LogP contribution in [0, 0.1) is 17.2 Å². The molecule has 2 unspecified atom stereocenters. The summed E-state index contributed by atoms with van der Waals surface area (Å²) in [5.74, 6) is -6.34. The number of nitrogens with one attached hydrogen (secondary N) is 1. The van der Waals surface area contributed by atoms with Gasteiger partial charge in [0.05, 0.1) is 12.1 Å². The standard InChI is InChI=1S/C13H19NO6/c1-2-3-4-5-8(9(7-15)13(19)20)12(18)10(14)6-11(16)17/h7-9,14H,2-6H2,1H3,(H,16,17)(H,19,20). The Kier molecular flexibility index (Phi) is 8.03. The summed E-state index contributed by atoms with van der Waals surface area (Å²) in [5.41, 5.74) is -0.674. The number of hydrogen-bond acceptors (Lipinski definition) is 5. The molecule has 0 rings (SSSR count). The zero-order valence-corrected chi connectivity index (χ0v) is 11.3. The maximum atomic E-state index is 12.0. The van der Waals surface area contributed by atoms with E-state index in [4.69, 9.17) is 15.6 Å². The minimum absolute atomic E-state index is 0.157. The average Bonchev–Trinajstić information content (AvgIpc) is 2.35. The van der Waals surface area contributed by atoms with Crippen molar-refractivity contribution in [2.75, 3.05) is 0 Å². The van der Waals surface area contributed by atoms with Gasteiger partial charge in [-0.05, 0) is 6.42 Å². The van der Waals surface area contributed by atoms with E-state index in [1.54, 1.807) is 0 Å². The van der Waals surface area contributed by atoms with E-state index >= 15 is 0 Å². The van der Waals surface area contributed by atoms with Gasteiger partial charge in [0.25, 0.3) is 0 Å². The molecule has 3 N–H and O–H groups in total. The molecule has 0 saturated carbocycles. The van der Waals surface area contributed by atoms with Gasteiger partial charge in [0.2, 0.25) is 0 Å². The summed E-state index contributed by atoms with van der Waals surface area (Å²) in [6, 6.07) is 0. The average molecular weight is 285 g/mol. The third-order valence-electron chi connectivity index (χ3n) is 2.95. The predicted molar refractivity (Wildman–Crippen MR) is 69.8 cm³/mol. The number of ketones is 1. The minimum atomic E-state index is -1.53. The van der Waals surface area contributed by atoms with Crippen molar-refractivity contribution in [2.24, 2.45) is 11.8 Å². The highest BCUT2D eigenvalue weighted by atomic mass is 16.4. The molecule has 0 bridgehead atoms. The van der Waals surface area contributed by atoms with Crippen molar-refractivity contribution in [3.05, 3.63) is 0 Å². The number of carbonyl (C=O) groups excluding carboxylic acids is 2. The molecule has 20 heavy (non-hydrogen) atoms. The number of hydrogen-bond donors (Lipinski definition) is 3. The van der Waals surface area contributed by atoms with Crippen LogP contribution in [0.1, 0.15) is 39.0 Å². The highest BCUT2D eigenvalue weighted by Crippen LogP contribution is 2.21. The molecule has 112 valence electrons. The number of aliphatic carboxylic acids is 2. The Balaban J connectivity index is 5.03. The van der Waals surface area contributed by atoms with Gasteiger partial charge in [0, 0.05) is 5.92 Å². The number of unbranched alkanes of at least 4 members (excludes halogenated alkanes) is 2. The Labute approximate surface area is 116 Å². The van der Waals surface area contributed by atoms with E-state index in [-0.39, 0.29) is 12.7 Å². The van der Waals surface area contributed by atoms with Crippen molar-refractivity contribution in [2.45, 2.75) is 39.0 Å². The van der Waals surface area contributed by atoms with Crippen LogP contribution in [0.4, 0.5) is 0 Å². The number of Topliss-reactive ketones (excluding diaryl/α,β-unsaturated/α-hetero) is 1. The molecule has 0 aliphatic heterocycles. The first-order valence-corrected chi connectivity index (χ1v) is 6.36. The van der Waals surface area contributed by atoms with Gasteiger partial charge in [-0.1, -0.05) is 26.2 Å². The number of carboxylic acids is 2. The van der Waals surface area contributed by atoms with E-state index in [1.165, 1.54) is 0 Å². The molecule has 0 spiro atoms. The van der Waals surface area contributed by atoms with Gasteiger partial charge in [0.15, 0.2) is 5.78 Å². The molecule has 7 heteroatoms. The lowest BCUT2D eigenvalue weighted by Crippen LogP contribution is -2.35. The summed E-state index contributed by atoms with van der Waals surface area (Å²) in [4.78, 5) is 44.3. The fraction of sp³-hybridized carbons (Fsp3) is 0.615. The van der Waals surface area contributed by atoms with Gasteiger partial charge in [-0.25, -0.2) is 0 Å². The second-order valence-corrected chi connectivity index (χ2v) is 4.52. The molecule has 0 heterocycles. The fourth-order valence-corrected chi connectivity index (χ4v) is 1.88. The first-order valence-electron chi connectivity index (χ1n) is 6.36. The Morgan fingerprint density at radius 2 is 1.80 bits per heavy atom. The Hall–Kier alpha value is -2.05. The van der Waals surface area contributed by atoms with Crippen LogP contribution in [0.2, 0.25) is 0 Å². The quantitative estimate of drug-likeness (QED) is 0.226. The zero-order valence-electron chi connectivity index (χ0n) is 11.3. The zero-order chi connectivity index (χ0) is 15.7. The summed E-state index contributed by atoms with van der Waals surface area (Å²) in [7, 11) is 0. The molecule has 0 aromatic heterocycles. The van der Waals surface area contributed by atoms with Crippen molar-refractivity contribution in [3.63, 3.8) is 0 Å². The van der Waals surface area contributed by atoms with E-state index in [0.717, 1.165) is 12.8 Å². The Morgan fingerprint density at radius 1 is 1.20 bits per heavy atom. The monoisotopic (exact) mass is 285 g/mol. The SMILES string of the molecule is CCCCCC(C(=O)C(=N)CC(=O)O)C(C=O)C(=O)O. The van der Waals surface area contributed by atoms with E-state index in [0.29, 0.717) is 6.42 Å². The highest BCUT2D eigenvalue weighted by molar-refractivity contribution is 6.42. The first kappa shape index (κ1) is 17.9. The van der Waals surface area contributed by atoms with Crippen LogP contribution in [0.3, 0.4) is 0 Å². The van der Waals surface area contributed by atoms with Gasteiger partial charge >= 0.3 is 11.9 Å². The van der Waals surface area contributed by atoms with Crippen molar-refractivity contribution in [3.8, 4) is 0 Å². The molecule has 7 nitrogen and oxygen atoms in total. The summed E-state index contributed by atoms with van der Waals surface area (Å²) >= 11 is 0. The Bertz CT molecular complexity index is 404. The second kappa shape index (κ2) is 8.95. The maximum Gasteiger partial charge on any atom is 0.314 e. The lowest BCUT2D eigenvalue weighted by atomic mass is 9.83. The van der Waals surface area contributed by atoms with Crippen molar-refractivity contribution >= 4 is 29.7 Å². The Morgan fingerprint density at radius 3 is 2.20 bits per heavy atom. The molecule has 0 aliphatic carbocycles. The predicted octanol–water partition coefficient (Wildman–Crippen LogP) is 1.15. The molecule has 0 amide bonds. The van der Waals surface area contributed by atoms with E-state index in [1.807, 2.05) is 6.92 Å². The molecule has 0 saturated heterocycles. The third-order valence-corrected chi connectivity index (χ3v) is 2.95. The summed E-state index contributed by atoms with van der Waals surface area (Å²) < 4.78 is 0. The second-order valence-electron chi connectivity index (χ2n) is 4.52. The van der Waals surface area contributed by atoms with Gasteiger partial charge in [-0.2, -0.15) is 0 Å². The first-order chi connectivity index (χ1) is 9.34. The van der Waals surface area contributed by atoms with Crippen LogP contribution in [-0.2, 0) is 19.2 Å². The van der Waals surface area contributed by atoms with Crippen molar-refractivity contribution < 1.29 is 29.4 Å². The molecule has 0 fully saturated rings. The lowest BCUT2D eigenvalue weighted by Gasteiger charge is -2.18. The fourth-order valence-electron chi connectivity index (χ4n) is 1.88. The molecule has 0 aromatic rings. The van der Waals surface area contributed by atoms with E-state index in [9.17, 15) is 19.2 Å². The number of carbonyl (C=O) groups is 4. The molecular formula is C13H19NO6. The van der Waals surface area contributed by atoms with Crippen LogP contribution >= 0.6 is 0 Å².